The van der Waals surface area contributed by atoms with E-state index in [1.807, 2.05) is 0 Å². The fourth-order valence-electron chi connectivity index (χ4n) is 5.52. The molecule has 50 heavy (non-hydrogen) atoms. The maximum absolute atomic E-state index is 12.6. The number of allylic oxidation sites excluding steroid dienone is 2. The van der Waals surface area contributed by atoms with Crippen LogP contribution in [0.1, 0.15) is 187 Å². The van der Waals surface area contributed by atoms with Gasteiger partial charge in [0, 0.05) is 12.8 Å². The predicted octanol–water partition coefficient (Wildman–Crippen LogP) is 10.1. The molecule has 3 atom stereocenters. The van der Waals surface area contributed by atoms with E-state index in [0.29, 0.717) is 12.8 Å². The van der Waals surface area contributed by atoms with E-state index in [1.165, 1.54) is 103 Å². The summed E-state index contributed by atoms with van der Waals surface area (Å²) in [5.41, 5.74) is 0. The first-order chi connectivity index (χ1) is 24.2. The summed E-state index contributed by atoms with van der Waals surface area (Å²) in [6.45, 7) is 2.36. The van der Waals surface area contributed by atoms with Crippen LogP contribution in [0.3, 0.4) is 0 Å². The number of carbonyl (C=O) groups is 2. The number of esters is 2. The van der Waals surface area contributed by atoms with Crippen molar-refractivity contribution in [2.75, 3.05) is 26.4 Å². The summed E-state index contributed by atoms with van der Waals surface area (Å²) >= 11 is 0. The fourth-order valence-corrected chi connectivity index (χ4v) is 6.31. The molecule has 0 aliphatic carbocycles. The van der Waals surface area contributed by atoms with Crippen LogP contribution >= 0.6 is 7.82 Å². The van der Waals surface area contributed by atoms with Crippen LogP contribution in [-0.4, -0.2) is 65.7 Å². The first kappa shape index (κ1) is 48.7. The van der Waals surface area contributed by atoms with Crippen molar-refractivity contribution in [3.05, 3.63) is 12.2 Å². The minimum Gasteiger partial charge on any atom is -0.462 e. The van der Waals surface area contributed by atoms with E-state index < -0.39 is 51.8 Å². The summed E-state index contributed by atoms with van der Waals surface area (Å²) in [4.78, 5) is 34.8. The van der Waals surface area contributed by atoms with Gasteiger partial charge in [-0.25, -0.2) is 4.57 Å². The lowest BCUT2D eigenvalue weighted by Crippen LogP contribution is -2.29. The van der Waals surface area contributed by atoms with Crippen molar-refractivity contribution in [3.8, 4) is 0 Å². The number of ether oxygens (including phenoxy) is 2. The van der Waals surface area contributed by atoms with Crippen molar-refractivity contribution in [3.63, 3.8) is 0 Å². The molecule has 0 aromatic heterocycles. The molecule has 296 valence electrons. The molecule has 3 N–H and O–H groups in total. The van der Waals surface area contributed by atoms with Gasteiger partial charge in [-0.1, -0.05) is 148 Å². The van der Waals surface area contributed by atoms with E-state index >= 15 is 0 Å². The first-order valence-corrected chi connectivity index (χ1v) is 21.6. The summed E-state index contributed by atoms with van der Waals surface area (Å²) in [7, 11) is -4.61. The third-order valence-corrected chi connectivity index (χ3v) is 9.62. The average Bonchev–Trinajstić information content (AvgIpc) is 3.10. The van der Waals surface area contributed by atoms with E-state index in [9.17, 15) is 24.2 Å². The lowest BCUT2D eigenvalue weighted by atomic mass is 10.0. The monoisotopic (exact) mass is 735 g/mol. The minimum atomic E-state index is -4.61. The lowest BCUT2D eigenvalue weighted by molar-refractivity contribution is -0.161. The van der Waals surface area contributed by atoms with Gasteiger partial charge in [-0.15, -0.1) is 0 Å². The largest absolute Gasteiger partial charge is 0.472 e. The maximum atomic E-state index is 12.6. The molecule has 0 spiro atoms. The Balaban J connectivity index is 4.35. The Kier molecular flexibility index (Phi) is 35.2. The molecule has 10 nitrogen and oxygen atoms in total. The highest BCUT2D eigenvalue weighted by molar-refractivity contribution is 7.47. The molecule has 0 heterocycles. The van der Waals surface area contributed by atoms with Crippen LogP contribution in [-0.2, 0) is 32.7 Å². The zero-order valence-corrected chi connectivity index (χ0v) is 32.8. The van der Waals surface area contributed by atoms with E-state index in [-0.39, 0.29) is 19.4 Å². The average molecular weight is 735 g/mol. The highest BCUT2D eigenvalue weighted by Crippen LogP contribution is 2.43. The third-order valence-electron chi connectivity index (χ3n) is 8.67. The molecule has 11 heteroatoms. The molecule has 0 saturated heterocycles. The van der Waals surface area contributed by atoms with Gasteiger partial charge in [-0.05, 0) is 38.5 Å². The van der Waals surface area contributed by atoms with E-state index in [2.05, 4.69) is 30.5 Å². The Morgan fingerprint density at radius 3 is 1.46 bits per heavy atom. The molecule has 1 unspecified atom stereocenters. The number of carbonyl (C=O) groups excluding carboxylic acids is 2. The summed E-state index contributed by atoms with van der Waals surface area (Å²) in [5.74, 6) is -0.937. The highest BCUT2D eigenvalue weighted by atomic mass is 31.2. The van der Waals surface area contributed by atoms with E-state index in [1.54, 1.807) is 0 Å². The van der Waals surface area contributed by atoms with Gasteiger partial charge >= 0.3 is 19.8 Å². The van der Waals surface area contributed by atoms with Crippen LogP contribution < -0.4 is 0 Å². The van der Waals surface area contributed by atoms with Gasteiger partial charge < -0.3 is 24.6 Å². The van der Waals surface area contributed by atoms with Gasteiger partial charge in [-0.2, -0.15) is 0 Å². The first-order valence-electron chi connectivity index (χ1n) is 20.1. The van der Waals surface area contributed by atoms with Crippen molar-refractivity contribution >= 4 is 19.8 Å². The zero-order valence-electron chi connectivity index (χ0n) is 31.9. The maximum Gasteiger partial charge on any atom is 0.472 e. The highest BCUT2D eigenvalue weighted by Gasteiger charge is 2.27. The molecule has 0 aliphatic heterocycles. The smallest absolute Gasteiger partial charge is 0.462 e. The molecule has 0 bridgehead atoms. The fraction of sp³-hybridized carbons (Fsp3) is 0.897. The standard InChI is InChI=1S/C39H75O10P/c1-3-5-7-9-11-13-15-17-18-19-21-23-25-27-29-31-39(43)49-37(35-48-50(44,45)47-33-36(41)32-40)34-46-38(42)30-28-26-24-22-20-16-14-12-10-8-6-4-2/h19,21,36-37,40-41H,3-18,20,22-35H2,1-2H3,(H,44,45)/b21-19+/t36-,37+/m0/s1. The molecular weight excluding hydrogens is 659 g/mol. The number of phosphoric acid groups is 1. The molecule has 0 radical (unpaired) electrons. The van der Waals surface area contributed by atoms with Gasteiger partial charge in [0.15, 0.2) is 6.10 Å². The van der Waals surface area contributed by atoms with Gasteiger partial charge in [0.2, 0.25) is 0 Å². The summed E-state index contributed by atoms with van der Waals surface area (Å²) in [5, 5.41) is 18.3. The van der Waals surface area contributed by atoms with Crippen molar-refractivity contribution in [1.82, 2.24) is 0 Å². The lowest BCUT2D eigenvalue weighted by Gasteiger charge is -2.20. The second-order valence-corrected chi connectivity index (χ2v) is 15.1. The Morgan fingerprint density at radius 1 is 0.580 bits per heavy atom. The second kappa shape index (κ2) is 36.1. The zero-order chi connectivity index (χ0) is 37.0. The molecule has 0 aromatic rings. The van der Waals surface area contributed by atoms with Crippen LogP contribution in [0.2, 0.25) is 0 Å². The van der Waals surface area contributed by atoms with Crippen LogP contribution in [0, 0.1) is 0 Å². The Bertz CT molecular complexity index is 853. The summed E-state index contributed by atoms with van der Waals surface area (Å²) < 4.78 is 32.6. The number of phosphoric ester groups is 1. The van der Waals surface area contributed by atoms with Crippen LogP contribution in [0.25, 0.3) is 0 Å². The Hall–Kier alpha value is -1.29. The van der Waals surface area contributed by atoms with Crippen molar-refractivity contribution < 1.29 is 47.8 Å². The number of aliphatic hydroxyl groups excluding tert-OH is 2. The van der Waals surface area contributed by atoms with Gasteiger partial charge in [0.25, 0.3) is 0 Å². The Labute approximate surface area is 305 Å². The number of aliphatic hydroxyl groups is 2. The van der Waals surface area contributed by atoms with Crippen molar-refractivity contribution in [2.24, 2.45) is 0 Å². The number of unbranched alkanes of at least 4 members (excludes halogenated alkanes) is 22. The number of hydrogen-bond donors (Lipinski definition) is 3. The molecule has 0 aliphatic rings. The normalized spacial score (nSPS) is 14.1. The van der Waals surface area contributed by atoms with Crippen molar-refractivity contribution in [2.45, 2.75) is 199 Å². The van der Waals surface area contributed by atoms with Crippen LogP contribution in [0.15, 0.2) is 12.2 Å². The summed E-state index contributed by atoms with van der Waals surface area (Å²) in [6.07, 6.45) is 31.8. The molecular formula is C39H75O10P. The topological polar surface area (TPSA) is 149 Å². The van der Waals surface area contributed by atoms with Gasteiger partial charge in [0.05, 0.1) is 19.8 Å². The summed E-state index contributed by atoms with van der Waals surface area (Å²) in [6, 6.07) is 0. The molecule has 0 saturated carbocycles. The van der Waals surface area contributed by atoms with Crippen LogP contribution in [0.5, 0.6) is 0 Å². The van der Waals surface area contributed by atoms with Gasteiger partial charge in [0.1, 0.15) is 12.7 Å². The van der Waals surface area contributed by atoms with Gasteiger partial charge in [-0.3, -0.25) is 18.6 Å². The number of hydrogen-bond acceptors (Lipinski definition) is 9. The Morgan fingerprint density at radius 2 is 0.980 bits per heavy atom. The molecule has 0 amide bonds. The van der Waals surface area contributed by atoms with Crippen LogP contribution in [0.4, 0.5) is 0 Å². The quantitative estimate of drug-likeness (QED) is 0.0242. The predicted molar refractivity (Wildman–Crippen MR) is 201 cm³/mol. The van der Waals surface area contributed by atoms with Crippen molar-refractivity contribution in [1.29, 1.82) is 0 Å². The third kappa shape index (κ3) is 35.1. The number of rotatable bonds is 38. The second-order valence-electron chi connectivity index (χ2n) is 13.7. The molecule has 0 rings (SSSR count). The van der Waals surface area contributed by atoms with E-state index in [4.69, 9.17) is 19.1 Å². The van der Waals surface area contributed by atoms with E-state index in [0.717, 1.165) is 44.9 Å². The SMILES string of the molecule is CCCCCCCCCC/C=C/CCCCCC(=O)O[C@H](COC(=O)CCCCCCCCCCCCCC)COP(=O)(O)OC[C@@H](O)CO. The molecule has 0 aromatic carbocycles. The molecule has 0 fully saturated rings. The minimum absolute atomic E-state index is 0.168.